The summed E-state index contributed by atoms with van der Waals surface area (Å²) < 4.78 is 12.3. The van der Waals surface area contributed by atoms with Gasteiger partial charge < -0.3 is 39.9 Å². The molecule has 1 saturated heterocycles. The number of carbonyl (C=O) groups excluding carboxylic acids is 7. The molecule has 2 aliphatic rings. The van der Waals surface area contributed by atoms with Gasteiger partial charge in [-0.2, -0.15) is 0 Å². The van der Waals surface area contributed by atoms with Crippen molar-refractivity contribution in [2.45, 2.75) is 149 Å². The first kappa shape index (κ1) is 58.1. The molecule has 0 unspecified atom stereocenters. The molecule has 1 fully saturated rings. The van der Waals surface area contributed by atoms with Crippen LogP contribution < -0.4 is 10.6 Å². The SMILES string of the molecule is CC[C@H](C)[C@@H]([C@@H](CC(=O)N1CCC[C@H]1[C@H](OC)[C@@H](C)C(=O)N[C@@H](Cc1ccccc1)C(=O)O)OC)N(C)C(=O)[C@@H](NC(=O)[C@H](C(C)C)N(C)C(=O)CCCCCN1C(=O)C(Br)=C(Br)C1=O)C(C)C. The Kier molecular flexibility index (Phi) is 23.3. The molecular formula is C49H74Br2N6O11. The number of likely N-dealkylation sites (N-methyl/N-ethyl adjacent to an activating group) is 2. The highest BCUT2D eigenvalue weighted by Crippen LogP contribution is 2.31. The normalized spacial score (nSPS) is 18.8. The van der Waals surface area contributed by atoms with Crippen molar-refractivity contribution in [2.24, 2.45) is 23.7 Å². The molecule has 7 amide bonds. The van der Waals surface area contributed by atoms with E-state index in [9.17, 15) is 43.5 Å². The summed E-state index contributed by atoms with van der Waals surface area (Å²) in [7, 11) is 6.20. The van der Waals surface area contributed by atoms with Gasteiger partial charge in [0.15, 0.2) is 0 Å². The van der Waals surface area contributed by atoms with Gasteiger partial charge in [-0.1, -0.05) is 91.6 Å². The number of amides is 7. The van der Waals surface area contributed by atoms with E-state index in [0.29, 0.717) is 45.1 Å². The lowest BCUT2D eigenvalue weighted by Gasteiger charge is -2.41. The minimum absolute atomic E-state index is 0.0862. The number of hydrogen-bond donors (Lipinski definition) is 3. The number of benzene rings is 1. The topological polar surface area (TPSA) is 212 Å². The lowest BCUT2D eigenvalue weighted by atomic mass is 9.89. The van der Waals surface area contributed by atoms with E-state index in [1.807, 2.05) is 47.6 Å². The zero-order valence-corrected chi connectivity index (χ0v) is 44.8. The van der Waals surface area contributed by atoms with Crippen molar-refractivity contribution in [1.82, 2.24) is 30.2 Å². The van der Waals surface area contributed by atoms with E-state index in [2.05, 4.69) is 42.5 Å². The highest BCUT2D eigenvalue weighted by molar-refractivity contribution is 9.14. The molecule has 1 aromatic rings. The molecule has 3 rings (SSSR count). The Labute approximate surface area is 419 Å². The average molecular weight is 1080 g/mol. The Hall–Kier alpha value is -4.20. The zero-order valence-electron chi connectivity index (χ0n) is 41.6. The zero-order chi connectivity index (χ0) is 51.2. The summed E-state index contributed by atoms with van der Waals surface area (Å²) in [6, 6.07) is 4.93. The van der Waals surface area contributed by atoms with E-state index in [1.54, 1.807) is 55.1 Å². The van der Waals surface area contributed by atoms with Crippen molar-refractivity contribution < 1.29 is 52.9 Å². The highest BCUT2D eigenvalue weighted by Gasteiger charge is 2.44. The Morgan fingerprint density at radius 2 is 1.46 bits per heavy atom. The Morgan fingerprint density at radius 1 is 0.838 bits per heavy atom. The number of halogens is 2. The lowest BCUT2D eigenvalue weighted by molar-refractivity contribution is -0.149. The van der Waals surface area contributed by atoms with Gasteiger partial charge >= 0.3 is 5.97 Å². The molecule has 0 radical (unpaired) electrons. The van der Waals surface area contributed by atoms with Crippen molar-refractivity contribution in [3.63, 3.8) is 0 Å². The van der Waals surface area contributed by atoms with Crippen LogP contribution >= 0.6 is 31.9 Å². The lowest BCUT2D eigenvalue weighted by Crippen LogP contribution is -2.60. The molecule has 17 nitrogen and oxygen atoms in total. The van der Waals surface area contributed by atoms with Crippen molar-refractivity contribution >= 4 is 79.2 Å². The Balaban J connectivity index is 1.70. The van der Waals surface area contributed by atoms with Gasteiger partial charge in [0.1, 0.15) is 27.1 Å². The second-order valence-corrected chi connectivity index (χ2v) is 20.4. The Morgan fingerprint density at radius 3 is 1.99 bits per heavy atom. The number of methoxy groups -OCH3 is 2. The maximum Gasteiger partial charge on any atom is 0.326 e. The van der Waals surface area contributed by atoms with E-state index in [1.165, 1.54) is 19.1 Å². The number of nitrogens with one attached hydrogen (secondary N) is 2. The van der Waals surface area contributed by atoms with Gasteiger partial charge in [0.05, 0.1) is 36.6 Å². The summed E-state index contributed by atoms with van der Waals surface area (Å²) in [5, 5.41) is 15.6. The smallest absolute Gasteiger partial charge is 0.326 e. The fraction of sp³-hybridized carbons (Fsp3) is 0.673. The number of carboxylic acids is 1. The molecule has 19 heteroatoms. The molecule has 380 valence electrons. The number of rotatable bonds is 27. The molecule has 2 heterocycles. The predicted molar refractivity (Wildman–Crippen MR) is 264 cm³/mol. The molecule has 9 atom stereocenters. The van der Waals surface area contributed by atoms with Crippen molar-refractivity contribution in [2.75, 3.05) is 41.4 Å². The molecule has 0 spiro atoms. The summed E-state index contributed by atoms with van der Waals surface area (Å²) >= 11 is 6.25. The van der Waals surface area contributed by atoms with Crippen LogP contribution in [0, 0.1) is 23.7 Å². The Bertz CT molecular complexity index is 1940. The third kappa shape index (κ3) is 14.9. The fourth-order valence-electron chi connectivity index (χ4n) is 9.33. The molecule has 0 aromatic heterocycles. The number of carboxylic acid groups (broad SMARTS) is 1. The second kappa shape index (κ2) is 27.3. The van der Waals surface area contributed by atoms with Crippen LogP contribution in [0.1, 0.15) is 105 Å². The van der Waals surface area contributed by atoms with Gasteiger partial charge in [0, 0.05) is 54.2 Å². The standard InChI is InChI=1S/C49H74Br2N6O11/c1-12-30(6)42(35(67-10)27-37(59)56-25-19-22-34(56)43(68-11)31(7)44(60)52-33(49(65)66)26-32-20-15-13-16-21-32)55(9)48(64)40(28(2)3)53-45(61)41(29(4)5)54(8)36(58)23-17-14-18-24-57-46(62)38(50)39(51)47(57)63/h13,15-16,20-21,28-31,33-35,40-43H,12,14,17-19,22-27H2,1-11H3,(H,52,60)(H,53,61)(H,65,66)/t30-,31+,33-,34-,35+,40-,41-,42-,43+/m0/s1. The van der Waals surface area contributed by atoms with Crippen LogP contribution in [-0.2, 0) is 54.3 Å². The number of imide groups is 1. The molecule has 0 aliphatic carbocycles. The number of likely N-dealkylation sites (tertiary alicyclic amines) is 1. The molecule has 2 aliphatic heterocycles. The van der Waals surface area contributed by atoms with Crippen molar-refractivity contribution in [3.05, 3.63) is 44.9 Å². The van der Waals surface area contributed by atoms with Crippen LogP contribution in [-0.4, -0.2) is 156 Å². The first-order chi connectivity index (χ1) is 32.0. The van der Waals surface area contributed by atoms with Gasteiger partial charge in [-0.15, -0.1) is 0 Å². The number of nitrogens with zero attached hydrogens (tertiary/aromatic N) is 4. The van der Waals surface area contributed by atoms with Crippen LogP contribution in [0.4, 0.5) is 0 Å². The number of carbonyl (C=O) groups is 8. The van der Waals surface area contributed by atoms with Gasteiger partial charge in [0.2, 0.25) is 29.5 Å². The second-order valence-electron chi connectivity index (χ2n) is 18.8. The first-order valence-electron chi connectivity index (χ1n) is 23.7. The average Bonchev–Trinajstić information content (AvgIpc) is 3.86. The van der Waals surface area contributed by atoms with E-state index in [0.717, 1.165) is 10.5 Å². The summed E-state index contributed by atoms with van der Waals surface area (Å²) in [4.78, 5) is 113. The maximum absolute atomic E-state index is 14.6. The van der Waals surface area contributed by atoms with Crippen LogP contribution in [0.25, 0.3) is 0 Å². The number of hydrogen-bond acceptors (Lipinski definition) is 10. The van der Waals surface area contributed by atoms with Crippen LogP contribution in [0.3, 0.4) is 0 Å². The molecule has 0 bridgehead atoms. The van der Waals surface area contributed by atoms with E-state index in [4.69, 9.17) is 9.47 Å². The van der Waals surface area contributed by atoms with Gasteiger partial charge in [-0.05, 0) is 80.9 Å². The van der Waals surface area contributed by atoms with Crippen LogP contribution in [0.5, 0.6) is 0 Å². The summed E-state index contributed by atoms with van der Waals surface area (Å²) in [5.41, 5.74) is 0.761. The highest BCUT2D eigenvalue weighted by atomic mass is 79.9. The van der Waals surface area contributed by atoms with Gasteiger partial charge in [-0.25, -0.2) is 4.79 Å². The molecule has 68 heavy (non-hydrogen) atoms. The third-order valence-electron chi connectivity index (χ3n) is 13.4. The first-order valence-corrected chi connectivity index (χ1v) is 25.3. The van der Waals surface area contributed by atoms with Crippen LogP contribution in [0.15, 0.2) is 39.3 Å². The quantitative estimate of drug-likeness (QED) is 0.0763. The van der Waals surface area contributed by atoms with Gasteiger partial charge in [-0.3, -0.25) is 38.5 Å². The summed E-state index contributed by atoms with van der Waals surface area (Å²) in [6.45, 7) is 13.6. The molecular weight excluding hydrogens is 1010 g/mol. The van der Waals surface area contributed by atoms with Crippen molar-refractivity contribution in [3.8, 4) is 0 Å². The van der Waals surface area contributed by atoms with E-state index < -0.39 is 77.9 Å². The number of unbranched alkanes of at least 4 members (excludes halogenated alkanes) is 2. The summed E-state index contributed by atoms with van der Waals surface area (Å²) in [6.07, 6.45) is 2.09. The molecule has 0 saturated carbocycles. The largest absolute Gasteiger partial charge is 0.480 e. The fourth-order valence-corrected chi connectivity index (χ4v) is 10.1. The minimum atomic E-state index is -1.16. The van der Waals surface area contributed by atoms with Crippen LogP contribution in [0.2, 0.25) is 0 Å². The number of aliphatic carboxylic acids is 1. The van der Waals surface area contributed by atoms with Gasteiger partial charge in [0.25, 0.3) is 11.8 Å². The molecule has 1 aromatic carbocycles. The maximum atomic E-state index is 14.6. The van der Waals surface area contributed by atoms with Crippen molar-refractivity contribution in [1.29, 1.82) is 0 Å². The van der Waals surface area contributed by atoms with E-state index in [-0.39, 0.29) is 70.2 Å². The monoisotopic (exact) mass is 1080 g/mol. The predicted octanol–water partition coefficient (Wildman–Crippen LogP) is 5.27. The third-order valence-corrected chi connectivity index (χ3v) is 15.4. The van der Waals surface area contributed by atoms with E-state index >= 15 is 0 Å². The molecule has 3 N–H and O–H groups in total. The number of ether oxygens (including phenoxy) is 2. The summed E-state index contributed by atoms with van der Waals surface area (Å²) in [5.74, 6) is -5.44. The minimum Gasteiger partial charge on any atom is -0.480 e.